The van der Waals surface area contributed by atoms with E-state index in [0.29, 0.717) is 141 Å². The molecule has 1 aliphatic heterocycles. The molecule has 0 bridgehead atoms. The Balaban J connectivity index is 0.000000247. The van der Waals surface area contributed by atoms with Crippen LogP contribution in [0.3, 0.4) is 0 Å². The molecule has 0 spiro atoms. The topological polar surface area (TPSA) is 334 Å². The fraction of sp³-hybridized carbons (Fsp3) is 0.655. The van der Waals surface area contributed by atoms with Crippen LogP contribution in [0.25, 0.3) is 0 Å². The number of carboxylic acids is 5. The van der Waals surface area contributed by atoms with Crippen molar-refractivity contribution in [3.8, 4) is 59.2 Å². The molecule has 5 aliphatic carbocycles. The molecule has 804 valence electrons. The Morgan fingerprint density at radius 1 is 0.349 bits per heavy atom. The zero-order valence-electron chi connectivity index (χ0n) is 91.6. The molecule has 5 saturated carbocycles. The number of nitrogens with zero attached hydrogens (tertiary/aromatic N) is 5. The van der Waals surface area contributed by atoms with E-state index in [4.69, 9.17) is 23.7 Å². The number of aromatic carboxylic acids is 5. The Morgan fingerprint density at radius 2 is 0.610 bits per heavy atom. The summed E-state index contributed by atoms with van der Waals surface area (Å²) in [5.74, 6) is 29.3. The van der Waals surface area contributed by atoms with E-state index in [2.05, 4.69) is 93.8 Å². The van der Waals surface area contributed by atoms with Crippen LogP contribution in [-0.2, 0) is 47.7 Å². The summed E-state index contributed by atoms with van der Waals surface area (Å²) in [5.41, 5.74) is 1.56. The third kappa shape index (κ3) is 38.4. The SMILES string of the molecule is CC(C)C#Cc1cc(N(C(=O)C2CCC(C)CC2)C2CCOCC2)c(C(=O)O)s1.CCC(COC)N(C(=O)C1CCC(C)CC1)c1cc(C#CC(C)(C)C)sc1C(=O)O.CC[C@H](COC)N(C(=O)C1CCC(C)CC1)c1cc(C#CC(C)(C)C)sc1C(=O)O.COCCN(C(=O)C1CCC(C)CC1)c1cc(C#CC(C)(C)C)sc1C(=O)O.COC[C@@H](C)N(C(=O)C1CCC(C)CC1)c1cc(C#CC(C)(C)C)sc1C(=O)O. The Labute approximate surface area is 890 Å². The number of carbonyl (C=O) groups is 10. The van der Waals surface area contributed by atoms with Gasteiger partial charge in [-0.25, -0.2) is 24.0 Å². The van der Waals surface area contributed by atoms with Crippen LogP contribution < -0.4 is 24.5 Å². The number of anilines is 5. The maximum absolute atomic E-state index is 13.6. The molecule has 3 atom stereocenters. The first-order valence-electron chi connectivity index (χ1n) is 52.3. The molecule has 6 aliphatic rings. The van der Waals surface area contributed by atoms with E-state index in [0.717, 1.165) is 187 Å². The lowest BCUT2D eigenvalue weighted by Gasteiger charge is -2.37. The molecule has 30 heteroatoms. The predicted molar refractivity (Wildman–Crippen MR) is 590 cm³/mol. The third-order valence-electron chi connectivity index (χ3n) is 26.9. The highest BCUT2D eigenvalue weighted by Crippen LogP contribution is 2.45. The minimum atomic E-state index is -1.03. The minimum absolute atomic E-state index is 0.000388. The zero-order chi connectivity index (χ0) is 109. The average molecular weight is 2110 g/mol. The normalized spacial score (nSPS) is 20.7. The number of hydrogen-bond acceptors (Lipinski definition) is 20. The van der Waals surface area contributed by atoms with Crippen molar-refractivity contribution < 1.29 is 97.2 Å². The number of carbonyl (C=O) groups excluding carboxylic acids is 5. The van der Waals surface area contributed by atoms with Gasteiger partial charge in [0.05, 0.1) is 97.4 Å². The lowest BCUT2D eigenvalue weighted by molar-refractivity contribution is -0.125. The predicted octanol–water partition coefficient (Wildman–Crippen LogP) is 25.3. The Morgan fingerprint density at radius 3 is 0.890 bits per heavy atom. The van der Waals surface area contributed by atoms with Gasteiger partial charge in [-0.1, -0.05) is 122 Å². The van der Waals surface area contributed by atoms with Crippen LogP contribution in [0.2, 0.25) is 0 Å². The minimum Gasteiger partial charge on any atom is -0.477 e. The molecular formula is C116H165N5O20S5. The first-order chi connectivity index (χ1) is 68.6. The summed E-state index contributed by atoms with van der Waals surface area (Å²) in [5, 5.41) is 49.0. The van der Waals surface area contributed by atoms with E-state index >= 15 is 0 Å². The van der Waals surface area contributed by atoms with Crippen LogP contribution in [0.1, 0.15) is 379 Å². The first kappa shape index (κ1) is 124. The van der Waals surface area contributed by atoms with Crippen LogP contribution in [0.5, 0.6) is 0 Å². The largest absolute Gasteiger partial charge is 0.477 e. The molecule has 5 aromatic rings. The molecule has 1 saturated heterocycles. The van der Waals surface area contributed by atoms with Gasteiger partial charge in [0.15, 0.2) is 0 Å². The third-order valence-corrected chi connectivity index (χ3v) is 32.1. The summed E-state index contributed by atoms with van der Waals surface area (Å²) >= 11 is 5.70. The quantitative estimate of drug-likeness (QED) is 0.0267. The molecule has 5 N–H and O–H groups in total. The van der Waals surface area contributed by atoms with Crippen LogP contribution in [0, 0.1) is 146 Å². The van der Waals surface area contributed by atoms with Crippen molar-refractivity contribution >= 4 is 145 Å². The van der Waals surface area contributed by atoms with Crippen molar-refractivity contribution in [2.75, 3.05) is 99.1 Å². The summed E-state index contributed by atoms with van der Waals surface area (Å²) in [6.07, 6.45) is 21.7. The number of thiophene rings is 5. The number of ether oxygens (including phenoxy) is 5. The van der Waals surface area contributed by atoms with Crippen molar-refractivity contribution in [1.29, 1.82) is 0 Å². The first-order valence-corrected chi connectivity index (χ1v) is 56.4. The molecule has 6 heterocycles. The Kier molecular flexibility index (Phi) is 49.4. The molecule has 0 radical (unpaired) electrons. The molecular weight excluding hydrogens is 1940 g/mol. The molecule has 1 unspecified atom stereocenters. The molecule has 6 fully saturated rings. The second kappa shape index (κ2) is 58.3. The van der Waals surface area contributed by atoms with Crippen molar-refractivity contribution in [1.82, 2.24) is 0 Å². The lowest BCUT2D eigenvalue weighted by Crippen LogP contribution is -2.47. The highest BCUT2D eigenvalue weighted by atomic mass is 32.1. The second-order valence-electron chi connectivity index (χ2n) is 44.9. The van der Waals surface area contributed by atoms with Gasteiger partial charge in [0.2, 0.25) is 29.5 Å². The Bertz CT molecular complexity index is 5350. The molecule has 5 amide bonds. The van der Waals surface area contributed by atoms with Gasteiger partial charge in [0, 0.05) is 111 Å². The molecule has 146 heavy (non-hydrogen) atoms. The van der Waals surface area contributed by atoms with Gasteiger partial charge in [-0.3, -0.25) is 24.0 Å². The molecule has 5 aromatic heterocycles. The fourth-order valence-corrected chi connectivity index (χ4v) is 22.9. The smallest absolute Gasteiger partial charge is 0.348 e. The monoisotopic (exact) mass is 2110 g/mol. The van der Waals surface area contributed by atoms with Gasteiger partial charge in [0.1, 0.15) is 24.4 Å². The van der Waals surface area contributed by atoms with E-state index in [1.165, 1.54) is 11.3 Å². The number of methoxy groups -OCH3 is 4. The summed E-state index contributed by atoms with van der Waals surface area (Å²) in [4.78, 5) is 140. The number of amides is 5. The number of hydrogen-bond donors (Lipinski definition) is 5. The van der Waals surface area contributed by atoms with Gasteiger partial charge in [0.25, 0.3) is 0 Å². The highest BCUT2D eigenvalue weighted by Gasteiger charge is 2.43. The molecule has 25 nitrogen and oxygen atoms in total. The highest BCUT2D eigenvalue weighted by molar-refractivity contribution is 7.16. The maximum Gasteiger partial charge on any atom is 0.348 e. The fourth-order valence-electron chi connectivity index (χ4n) is 18.6. The lowest BCUT2D eigenvalue weighted by atomic mass is 9.82. The average Bonchev–Trinajstić information content (AvgIpc) is 1.62. The summed E-state index contributed by atoms with van der Waals surface area (Å²) in [6, 6.07) is 8.15. The summed E-state index contributed by atoms with van der Waals surface area (Å²) in [6.45, 7) is 48.1. The van der Waals surface area contributed by atoms with E-state index < -0.39 is 29.8 Å². The number of carboxylic acid groups (broad SMARTS) is 5. The van der Waals surface area contributed by atoms with Crippen molar-refractivity contribution in [2.45, 2.75) is 331 Å². The van der Waals surface area contributed by atoms with Gasteiger partial charge in [-0.15, -0.1) is 56.7 Å². The van der Waals surface area contributed by atoms with Crippen LogP contribution >= 0.6 is 56.7 Å². The molecule has 11 rings (SSSR count). The van der Waals surface area contributed by atoms with Gasteiger partial charge in [-0.2, -0.15) is 0 Å². The van der Waals surface area contributed by atoms with Crippen molar-refractivity contribution in [2.24, 2.45) is 86.8 Å². The van der Waals surface area contributed by atoms with Gasteiger partial charge < -0.3 is 73.7 Å². The zero-order valence-corrected chi connectivity index (χ0v) is 95.7. The van der Waals surface area contributed by atoms with Crippen molar-refractivity contribution in [3.63, 3.8) is 0 Å². The molecule has 0 aromatic carbocycles. The van der Waals surface area contributed by atoms with Gasteiger partial charge in [-0.05, 0) is 304 Å². The van der Waals surface area contributed by atoms with E-state index in [9.17, 15) is 73.5 Å². The van der Waals surface area contributed by atoms with E-state index in [1.807, 2.05) is 124 Å². The van der Waals surface area contributed by atoms with Gasteiger partial charge >= 0.3 is 29.8 Å². The second-order valence-corrected chi connectivity index (χ2v) is 50.1. The maximum atomic E-state index is 13.6. The van der Waals surface area contributed by atoms with Crippen molar-refractivity contribution in [3.05, 3.63) is 79.1 Å². The summed E-state index contributed by atoms with van der Waals surface area (Å²) < 4.78 is 26.7. The number of rotatable bonds is 30. The van der Waals surface area contributed by atoms with Crippen LogP contribution in [0.4, 0.5) is 28.4 Å². The van der Waals surface area contributed by atoms with E-state index in [-0.39, 0.29) is 135 Å². The summed E-state index contributed by atoms with van der Waals surface area (Å²) in [7, 11) is 6.39. The standard InChI is InChI=1S/2C24H35NO4S.C23H31NO4S.C23H33NO4S.C22H31NO4S/c2*1-7-18(15-29-6)25(22(26)17-10-8-16(2)9-11-17)20-14-19(12-13-24(3,4)5)30-21(20)23(27)28;1-15(2)4-9-19-14-20(21(29-19)23(26)27)24(18-10-12-28-13-11-18)22(25)17-7-5-16(3)6-8-17;1-15-7-9-17(10-8-15)21(25)24(16(2)14-28-6)19-13-18(11-12-23(3,4)5)29-20(19)22(26)27;1-15-6-8-16(9-7-15)20(24)23(12-13-27-5)18-14-17(10-11-22(2,3)4)28-19(18)21(25)26/h2*14,16-18H,7-11,15H2,1-6H3,(H,27,28);14-18H,5-8,10-13H2,1-3H3,(H,26,27);13,15-17H,7-10,14H2,1-6H3,(H,26,27);14-16H,6-9,12-13H2,1-5H3,(H,25,26)/t16?,17?,18-;;;15?,16-,17?;/m1..1./s1. The van der Waals surface area contributed by atoms with Crippen LogP contribution in [0.15, 0.2) is 30.3 Å². The Hall–Kier alpha value is -9.20. The van der Waals surface area contributed by atoms with Crippen LogP contribution in [-0.4, -0.2) is 184 Å². The van der Waals surface area contributed by atoms with E-state index in [1.54, 1.807) is 77.2 Å².